The Morgan fingerprint density at radius 2 is 1.74 bits per heavy atom. The third kappa shape index (κ3) is 3.28. The second kappa shape index (κ2) is 5.95. The summed E-state index contributed by atoms with van der Waals surface area (Å²) < 4.78 is 15.7. The molecule has 1 aromatic heterocycles. The first kappa shape index (κ1) is 13.0. The maximum Gasteiger partial charge on any atom is 0.240 e. The highest BCUT2D eigenvalue weighted by Gasteiger charge is 2.05. The normalized spacial score (nSPS) is 10.0. The van der Waals surface area contributed by atoms with Gasteiger partial charge in [-0.05, 0) is 23.8 Å². The fourth-order valence-electron chi connectivity index (χ4n) is 1.54. The van der Waals surface area contributed by atoms with E-state index in [4.69, 9.17) is 19.9 Å². The second-order valence-electron chi connectivity index (χ2n) is 3.88. The van der Waals surface area contributed by atoms with E-state index in [0.717, 1.165) is 11.3 Å². The first-order chi connectivity index (χ1) is 9.22. The summed E-state index contributed by atoms with van der Waals surface area (Å²) in [6, 6.07) is 11.0. The Bertz CT molecular complexity index is 541. The van der Waals surface area contributed by atoms with Gasteiger partial charge in [-0.25, -0.2) is 0 Å². The minimum Gasteiger partial charge on any atom is -0.497 e. The average molecular weight is 260 g/mol. The van der Waals surface area contributed by atoms with Crippen molar-refractivity contribution in [1.82, 2.24) is 4.98 Å². The summed E-state index contributed by atoms with van der Waals surface area (Å²) in [6.45, 7) is 0.383. The molecule has 0 amide bonds. The molecule has 5 nitrogen and oxygen atoms in total. The number of hydrogen-bond donors (Lipinski definition) is 1. The topological polar surface area (TPSA) is 66.6 Å². The van der Waals surface area contributed by atoms with Gasteiger partial charge in [0.15, 0.2) is 0 Å². The lowest BCUT2D eigenvalue weighted by atomic mass is 10.2. The Kier molecular flexibility index (Phi) is 4.07. The van der Waals surface area contributed by atoms with Crippen LogP contribution in [-0.4, -0.2) is 19.2 Å². The number of aromatic nitrogens is 1. The number of ether oxygens (including phenoxy) is 3. The number of methoxy groups -OCH3 is 2. The van der Waals surface area contributed by atoms with E-state index in [1.54, 1.807) is 26.4 Å². The molecule has 2 rings (SSSR count). The molecular weight excluding hydrogens is 244 g/mol. The summed E-state index contributed by atoms with van der Waals surface area (Å²) in [5, 5.41) is 0. The lowest BCUT2D eigenvalue weighted by Crippen LogP contribution is -2.02. The van der Waals surface area contributed by atoms with Crippen molar-refractivity contribution in [1.29, 1.82) is 0 Å². The van der Waals surface area contributed by atoms with E-state index in [-0.39, 0.29) is 0 Å². The third-order valence-corrected chi connectivity index (χ3v) is 2.61. The lowest BCUT2D eigenvalue weighted by Gasteiger charge is -2.09. The number of pyridine rings is 1. The Morgan fingerprint density at radius 1 is 1.00 bits per heavy atom. The van der Waals surface area contributed by atoms with Crippen molar-refractivity contribution in [2.45, 2.75) is 6.61 Å². The van der Waals surface area contributed by atoms with Crippen LogP contribution >= 0.6 is 0 Å². The molecule has 0 aliphatic rings. The van der Waals surface area contributed by atoms with E-state index in [0.29, 0.717) is 24.1 Å². The monoisotopic (exact) mass is 260 g/mol. The van der Waals surface area contributed by atoms with Crippen molar-refractivity contribution in [2.75, 3.05) is 20.0 Å². The van der Waals surface area contributed by atoms with E-state index in [2.05, 4.69) is 4.98 Å². The summed E-state index contributed by atoms with van der Waals surface area (Å²) in [5.74, 6) is 1.65. The van der Waals surface area contributed by atoms with Gasteiger partial charge < -0.3 is 19.9 Å². The molecule has 5 heteroatoms. The Labute approximate surface area is 111 Å². The zero-order chi connectivity index (χ0) is 13.7. The van der Waals surface area contributed by atoms with Crippen LogP contribution in [0.3, 0.4) is 0 Å². The molecule has 100 valence electrons. The van der Waals surface area contributed by atoms with Crippen LogP contribution < -0.4 is 19.9 Å². The molecule has 0 aliphatic heterocycles. The standard InChI is InChI=1S/C14H16N2O3/c1-17-11-5-3-10(4-6-11)9-19-14-12(15)7-8-13(16-14)18-2/h3-8H,9,15H2,1-2H3. The van der Waals surface area contributed by atoms with E-state index in [1.165, 1.54) is 0 Å². The first-order valence-electron chi connectivity index (χ1n) is 5.79. The van der Waals surface area contributed by atoms with Crippen LogP contribution in [0.15, 0.2) is 36.4 Å². The number of rotatable bonds is 5. The molecule has 0 aliphatic carbocycles. The molecule has 0 spiro atoms. The van der Waals surface area contributed by atoms with Gasteiger partial charge in [0.2, 0.25) is 11.8 Å². The van der Waals surface area contributed by atoms with E-state index in [1.807, 2.05) is 24.3 Å². The Balaban J connectivity index is 2.05. The van der Waals surface area contributed by atoms with Gasteiger partial charge in [0.1, 0.15) is 12.4 Å². The van der Waals surface area contributed by atoms with Gasteiger partial charge in [0.05, 0.1) is 19.9 Å². The minimum absolute atomic E-state index is 0.371. The minimum atomic E-state index is 0.371. The van der Waals surface area contributed by atoms with E-state index in [9.17, 15) is 0 Å². The van der Waals surface area contributed by atoms with Crippen LogP contribution in [0.4, 0.5) is 5.69 Å². The molecule has 0 unspecified atom stereocenters. The zero-order valence-electron chi connectivity index (χ0n) is 10.9. The van der Waals surface area contributed by atoms with Gasteiger partial charge >= 0.3 is 0 Å². The SMILES string of the molecule is COc1ccc(COc2nc(OC)ccc2N)cc1. The van der Waals surface area contributed by atoms with Crippen molar-refractivity contribution in [3.63, 3.8) is 0 Å². The van der Waals surface area contributed by atoms with Gasteiger partial charge in [0, 0.05) is 6.07 Å². The summed E-state index contributed by atoms with van der Waals surface area (Å²) in [6.07, 6.45) is 0. The van der Waals surface area contributed by atoms with Crippen LogP contribution in [0.25, 0.3) is 0 Å². The lowest BCUT2D eigenvalue weighted by molar-refractivity contribution is 0.288. The fourth-order valence-corrected chi connectivity index (χ4v) is 1.54. The predicted molar refractivity (Wildman–Crippen MR) is 72.5 cm³/mol. The smallest absolute Gasteiger partial charge is 0.240 e. The van der Waals surface area contributed by atoms with Gasteiger partial charge in [0.25, 0.3) is 0 Å². The molecule has 2 N–H and O–H groups in total. The first-order valence-corrected chi connectivity index (χ1v) is 5.79. The third-order valence-electron chi connectivity index (χ3n) is 2.61. The van der Waals surface area contributed by atoms with Crippen LogP contribution in [0, 0.1) is 0 Å². The van der Waals surface area contributed by atoms with E-state index < -0.39 is 0 Å². The Morgan fingerprint density at radius 3 is 2.37 bits per heavy atom. The quantitative estimate of drug-likeness (QED) is 0.893. The largest absolute Gasteiger partial charge is 0.497 e. The van der Waals surface area contributed by atoms with Crippen LogP contribution in [-0.2, 0) is 6.61 Å². The summed E-state index contributed by atoms with van der Waals surface area (Å²) >= 11 is 0. The molecule has 0 radical (unpaired) electrons. The number of anilines is 1. The molecule has 1 aromatic carbocycles. The van der Waals surface area contributed by atoms with Crippen molar-refractivity contribution >= 4 is 5.69 Å². The molecule has 0 atom stereocenters. The van der Waals surface area contributed by atoms with Gasteiger partial charge in [-0.1, -0.05) is 12.1 Å². The maximum atomic E-state index is 5.79. The van der Waals surface area contributed by atoms with Crippen molar-refractivity contribution in [3.05, 3.63) is 42.0 Å². The van der Waals surface area contributed by atoms with Crippen LogP contribution in [0.2, 0.25) is 0 Å². The molecular formula is C14H16N2O3. The molecule has 2 aromatic rings. The fraction of sp³-hybridized carbons (Fsp3) is 0.214. The van der Waals surface area contributed by atoms with Crippen molar-refractivity contribution < 1.29 is 14.2 Å². The number of nitrogens with zero attached hydrogens (tertiary/aromatic N) is 1. The Hall–Kier alpha value is -2.43. The second-order valence-corrected chi connectivity index (χ2v) is 3.88. The van der Waals surface area contributed by atoms with Crippen LogP contribution in [0.1, 0.15) is 5.56 Å². The van der Waals surface area contributed by atoms with Crippen LogP contribution in [0.5, 0.6) is 17.5 Å². The number of nitrogen functional groups attached to an aromatic ring is 1. The highest BCUT2D eigenvalue weighted by Crippen LogP contribution is 2.23. The number of hydrogen-bond acceptors (Lipinski definition) is 5. The number of nitrogens with two attached hydrogens (primary N) is 1. The van der Waals surface area contributed by atoms with E-state index >= 15 is 0 Å². The van der Waals surface area contributed by atoms with Gasteiger partial charge in [-0.2, -0.15) is 4.98 Å². The zero-order valence-corrected chi connectivity index (χ0v) is 10.9. The van der Waals surface area contributed by atoms with Gasteiger partial charge in [-0.15, -0.1) is 0 Å². The molecule has 19 heavy (non-hydrogen) atoms. The predicted octanol–water partition coefficient (Wildman–Crippen LogP) is 2.26. The molecule has 0 saturated heterocycles. The summed E-state index contributed by atoms with van der Waals surface area (Å²) in [7, 11) is 3.18. The van der Waals surface area contributed by atoms with Crippen molar-refractivity contribution in [2.24, 2.45) is 0 Å². The molecule has 0 fully saturated rings. The summed E-state index contributed by atoms with van der Waals surface area (Å²) in [4.78, 5) is 4.15. The molecule has 0 saturated carbocycles. The highest BCUT2D eigenvalue weighted by atomic mass is 16.5. The highest BCUT2D eigenvalue weighted by molar-refractivity contribution is 5.49. The molecule has 0 bridgehead atoms. The van der Waals surface area contributed by atoms with Gasteiger partial charge in [-0.3, -0.25) is 0 Å². The van der Waals surface area contributed by atoms with Crippen molar-refractivity contribution in [3.8, 4) is 17.5 Å². The summed E-state index contributed by atoms with van der Waals surface area (Å²) in [5.41, 5.74) is 7.28. The molecule has 1 heterocycles. The average Bonchev–Trinajstić information content (AvgIpc) is 2.47. The maximum absolute atomic E-state index is 5.79. The number of benzene rings is 1.